The first-order chi connectivity index (χ1) is 13.8. The van der Waals surface area contributed by atoms with Gasteiger partial charge in [0, 0.05) is 10.6 Å². The molecule has 0 bridgehead atoms. The molecule has 6 nitrogen and oxygen atoms in total. The van der Waals surface area contributed by atoms with Gasteiger partial charge in [0.05, 0.1) is 16.6 Å². The predicted molar refractivity (Wildman–Crippen MR) is 113 cm³/mol. The molecule has 0 spiro atoms. The molecule has 2 aromatic rings. The Kier molecular flexibility index (Phi) is 5.14. The Labute approximate surface area is 175 Å². The summed E-state index contributed by atoms with van der Waals surface area (Å²) < 4.78 is 14.0. The van der Waals surface area contributed by atoms with Gasteiger partial charge < -0.3 is 5.32 Å². The van der Waals surface area contributed by atoms with Crippen molar-refractivity contribution in [2.24, 2.45) is 9.98 Å². The number of carbonyl (C=O) groups is 2. The van der Waals surface area contributed by atoms with Crippen LogP contribution < -0.4 is 5.32 Å². The van der Waals surface area contributed by atoms with Crippen LogP contribution in [0.25, 0.3) is 0 Å². The molecule has 9 heteroatoms. The van der Waals surface area contributed by atoms with E-state index in [0.717, 1.165) is 23.4 Å². The Morgan fingerprint density at radius 1 is 1.31 bits per heavy atom. The van der Waals surface area contributed by atoms with Gasteiger partial charge in [0.2, 0.25) is 5.91 Å². The third kappa shape index (κ3) is 3.65. The lowest BCUT2D eigenvalue weighted by atomic mass is 10.1. The molecule has 1 N–H and O–H groups in total. The zero-order valence-corrected chi connectivity index (χ0v) is 17.1. The first kappa shape index (κ1) is 19.6. The van der Waals surface area contributed by atoms with Crippen molar-refractivity contribution in [3.63, 3.8) is 0 Å². The maximum absolute atomic E-state index is 14.0. The van der Waals surface area contributed by atoms with Crippen molar-refractivity contribution in [2.45, 2.75) is 25.1 Å². The fourth-order valence-electron chi connectivity index (χ4n) is 2.99. The average Bonchev–Trinajstić information content (AvgIpc) is 2.99. The van der Waals surface area contributed by atoms with Gasteiger partial charge >= 0.3 is 0 Å². The molecule has 2 aliphatic heterocycles. The van der Waals surface area contributed by atoms with Crippen LogP contribution in [0.1, 0.15) is 19.4 Å². The van der Waals surface area contributed by atoms with Gasteiger partial charge in [-0.25, -0.2) is 14.3 Å². The molecule has 2 heterocycles. The summed E-state index contributed by atoms with van der Waals surface area (Å²) >= 11 is 6.86. The van der Waals surface area contributed by atoms with Gasteiger partial charge in [0.25, 0.3) is 5.91 Å². The number of amidine groups is 2. The number of hydrogen-bond acceptors (Lipinski definition) is 5. The normalized spacial score (nSPS) is 18.6. The highest BCUT2D eigenvalue weighted by molar-refractivity contribution is 8.15. The van der Waals surface area contributed by atoms with Crippen molar-refractivity contribution >= 4 is 57.6 Å². The van der Waals surface area contributed by atoms with Crippen molar-refractivity contribution < 1.29 is 14.0 Å². The molecular formula is C20H16ClFN4O2S. The summed E-state index contributed by atoms with van der Waals surface area (Å²) in [5, 5.41) is 2.52. The van der Waals surface area contributed by atoms with Crippen LogP contribution in [0.4, 0.5) is 15.8 Å². The number of nitrogens with zero attached hydrogens (tertiary/aromatic N) is 3. The Balaban J connectivity index is 1.58. The van der Waals surface area contributed by atoms with Crippen molar-refractivity contribution in [1.82, 2.24) is 4.90 Å². The van der Waals surface area contributed by atoms with Gasteiger partial charge in [-0.2, -0.15) is 0 Å². The molecule has 0 fully saturated rings. The fraction of sp³-hybridized carbons (Fsp3) is 0.200. The number of nitrogens with one attached hydrogen (secondary N) is 1. The topological polar surface area (TPSA) is 74.1 Å². The molecule has 2 aromatic carbocycles. The summed E-state index contributed by atoms with van der Waals surface area (Å²) in [5.74, 6) is -0.704. The zero-order chi connectivity index (χ0) is 20.7. The monoisotopic (exact) mass is 430 g/mol. The largest absolute Gasteiger partial charge is 0.323 e. The maximum Gasteiger partial charge on any atom is 0.258 e. The summed E-state index contributed by atoms with van der Waals surface area (Å²) in [4.78, 5) is 35.7. The molecule has 148 valence electrons. The lowest BCUT2D eigenvalue weighted by molar-refractivity contribution is -0.124. The number of hydrogen-bond donors (Lipinski definition) is 1. The average molecular weight is 431 g/mol. The van der Waals surface area contributed by atoms with E-state index in [2.05, 4.69) is 15.3 Å². The maximum atomic E-state index is 14.0. The minimum atomic E-state index is -0.640. The molecule has 2 aliphatic rings. The number of aliphatic imine (C=N–C) groups is 2. The smallest absolute Gasteiger partial charge is 0.258 e. The van der Waals surface area contributed by atoms with E-state index < -0.39 is 23.0 Å². The lowest BCUT2D eigenvalue weighted by Crippen LogP contribution is -2.42. The van der Waals surface area contributed by atoms with Crippen molar-refractivity contribution in [3.05, 3.63) is 58.9 Å². The molecule has 0 unspecified atom stereocenters. The molecule has 4 rings (SSSR count). The van der Waals surface area contributed by atoms with E-state index in [1.807, 2.05) is 24.3 Å². The van der Waals surface area contributed by atoms with Crippen molar-refractivity contribution in [1.29, 1.82) is 0 Å². The molecule has 0 aliphatic carbocycles. The highest BCUT2D eigenvalue weighted by atomic mass is 35.5. The minimum absolute atomic E-state index is 0.0379. The lowest BCUT2D eigenvalue weighted by Gasteiger charge is -2.26. The summed E-state index contributed by atoms with van der Waals surface area (Å²) in [6.07, 6.45) is 0. The first-order valence-electron chi connectivity index (χ1n) is 8.87. The Hall–Kier alpha value is -2.71. The number of para-hydroxylation sites is 1. The third-order valence-corrected chi connectivity index (χ3v) is 5.79. The van der Waals surface area contributed by atoms with E-state index >= 15 is 0 Å². The van der Waals surface area contributed by atoms with Gasteiger partial charge in [-0.15, -0.1) is 0 Å². The van der Waals surface area contributed by atoms with E-state index in [4.69, 9.17) is 11.6 Å². The molecular weight excluding hydrogens is 415 g/mol. The predicted octanol–water partition coefficient (Wildman–Crippen LogP) is 4.22. The van der Waals surface area contributed by atoms with Crippen LogP contribution in [0.3, 0.4) is 0 Å². The highest BCUT2D eigenvalue weighted by Crippen LogP contribution is 2.34. The molecule has 0 radical (unpaired) electrons. The van der Waals surface area contributed by atoms with Crippen LogP contribution in [0, 0.1) is 5.82 Å². The molecule has 2 amide bonds. The SMILES string of the molecule is C[C@@H]1N=C2c3ccccc3N=C(S[C@@H](C)C(=O)Nc3ccc(Cl)cc3F)N2C1=O. The Morgan fingerprint density at radius 3 is 2.83 bits per heavy atom. The number of fused-ring (bicyclic) bond motifs is 3. The molecule has 0 saturated heterocycles. The molecule has 2 atom stereocenters. The zero-order valence-electron chi connectivity index (χ0n) is 15.5. The van der Waals surface area contributed by atoms with Crippen molar-refractivity contribution in [3.8, 4) is 0 Å². The number of amides is 2. The molecule has 0 aromatic heterocycles. The van der Waals surface area contributed by atoms with Gasteiger partial charge in [-0.3, -0.25) is 14.6 Å². The van der Waals surface area contributed by atoms with Crippen LogP contribution in [-0.4, -0.2) is 39.0 Å². The van der Waals surface area contributed by atoms with E-state index in [1.165, 1.54) is 17.0 Å². The van der Waals surface area contributed by atoms with Gasteiger partial charge in [0.1, 0.15) is 17.7 Å². The number of halogens is 2. The highest BCUT2D eigenvalue weighted by Gasteiger charge is 2.40. The van der Waals surface area contributed by atoms with Crippen LogP contribution in [-0.2, 0) is 9.59 Å². The second-order valence-corrected chi connectivity index (χ2v) is 8.33. The summed E-state index contributed by atoms with van der Waals surface area (Å²) in [7, 11) is 0. The van der Waals surface area contributed by atoms with Crippen LogP contribution in [0.5, 0.6) is 0 Å². The number of benzene rings is 2. The van der Waals surface area contributed by atoms with Crippen LogP contribution in [0.2, 0.25) is 5.02 Å². The van der Waals surface area contributed by atoms with Crippen LogP contribution in [0.15, 0.2) is 52.4 Å². The number of carbonyl (C=O) groups excluding carboxylic acids is 2. The van der Waals surface area contributed by atoms with Crippen molar-refractivity contribution in [2.75, 3.05) is 5.32 Å². The van der Waals surface area contributed by atoms with E-state index in [9.17, 15) is 14.0 Å². The Bertz CT molecular complexity index is 1090. The standard InChI is InChI=1S/C20H16ClFN4O2S/c1-10-19(28)26-17(23-10)13-5-3-4-6-15(13)25-20(26)29-11(2)18(27)24-16-8-7-12(21)9-14(16)22/h3-11H,1-2H3,(H,24,27)/t10-,11-/m0/s1. The number of thioether (sulfide) groups is 1. The second kappa shape index (κ2) is 7.61. The van der Waals surface area contributed by atoms with Gasteiger partial charge in [-0.05, 0) is 44.2 Å². The third-order valence-electron chi connectivity index (χ3n) is 4.50. The van der Waals surface area contributed by atoms with Crippen LogP contribution >= 0.6 is 23.4 Å². The van der Waals surface area contributed by atoms with E-state index in [1.54, 1.807) is 13.8 Å². The summed E-state index contributed by atoms with van der Waals surface area (Å²) in [6.45, 7) is 3.38. The van der Waals surface area contributed by atoms with Gasteiger partial charge in [0.15, 0.2) is 5.17 Å². The van der Waals surface area contributed by atoms with Gasteiger partial charge in [-0.1, -0.05) is 35.5 Å². The van der Waals surface area contributed by atoms with E-state index in [-0.39, 0.29) is 16.6 Å². The summed E-state index contributed by atoms with van der Waals surface area (Å²) in [5.41, 5.74) is 1.49. The molecule has 0 saturated carbocycles. The quantitative estimate of drug-likeness (QED) is 0.792. The van der Waals surface area contributed by atoms with E-state index in [0.29, 0.717) is 16.7 Å². The Morgan fingerprint density at radius 2 is 2.07 bits per heavy atom. The molecule has 29 heavy (non-hydrogen) atoms. The fourth-order valence-corrected chi connectivity index (χ4v) is 4.07. The minimum Gasteiger partial charge on any atom is -0.323 e. The number of anilines is 1. The first-order valence-corrected chi connectivity index (χ1v) is 10.1. The second-order valence-electron chi connectivity index (χ2n) is 6.59. The summed E-state index contributed by atoms with van der Waals surface area (Å²) in [6, 6.07) is 10.9. The number of rotatable bonds is 3.